The van der Waals surface area contributed by atoms with E-state index in [0.29, 0.717) is 31.6 Å². The summed E-state index contributed by atoms with van der Waals surface area (Å²) in [6, 6.07) is 8.78. The minimum Gasteiger partial charge on any atom is -0.352 e. The lowest BCUT2D eigenvalue weighted by Crippen LogP contribution is -2.45. The molecule has 1 aromatic carbocycles. The zero-order chi connectivity index (χ0) is 13.7. The number of rotatable bonds is 4. The molecule has 0 N–H and O–H groups in total. The average molecular weight is 263 g/mol. The fourth-order valence-corrected chi connectivity index (χ4v) is 2.45. The van der Waals surface area contributed by atoms with Crippen LogP contribution in [0.25, 0.3) is 0 Å². The van der Waals surface area contributed by atoms with E-state index in [1.807, 2.05) is 6.92 Å². The highest BCUT2D eigenvalue weighted by Crippen LogP contribution is 2.36. The van der Waals surface area contributed by atoms with Crippen molar-refractivity contribution in [2.45, 2.75) is 37.9 Å². The molecule has 4 heteroatoms. The maximum Gasteiger partial charge on any atom is 0.157 e. The first-order valence-electron chi connectivity index (χ1n) is 6.57. The second-order valence-corrected chi connectivity index (χ2v) is 4.88. The van der Waals surface area contributed by atoms with Crippen molar-refractivity contribution < 1.29 is 13.9 Å². The van der Waals surface area contributed by atoms with Crippen LogP contribution in [0.15, 0.2) is 24.3 Å². The molecule has 1 fully saturated rings. The molecule has 0 radical (unpaired) electrons. The summed E-state index contributed by atoms with van der Waals surface area (Å²) in [5.41, 5.74) is 0.0343. The van der Waals surface area contributed by atoms with Crippen LogP contribution in [0.3, 0.4) is 0 Å². The molecule has 1 aromatic rings. The van der Waals surface area contributed by atoms with Crippen molar-refractivity contribution in [1.82, 2.24) is 0 Å². The number of hydrogen-bond acceptors (Lipinski definition) is 3. The van der Waals surface area contributed by atoms with Gasteiger partial charge in [0.05, 0.1) is 19.3 Å². The number of ether oxygens (including phenoxy) is 2. The third-order valence-corrected chi connectivity index (χ3v) is 3.58. The van der Waals surface area contributed by atoms with Gasteiger partial charge in [-0.15, -0.1) is 0 Å². The van der Waals surface area contributed by atoms with Crippen molar-refractivity contribution in [3.8, 4) is 6.07 Å². The summed E-state index contributed by atoms with van der Waals surface area (Å²) in [5, 5.41) is 8.80. The van der Waals surface area contributed by atoms with E-state index in [2.05, 4.69) is 6.07 Å². The molecule has 0 amide bonds. The van der Waals surface area contributed by atoms with Crippen molar-refractivity contribution in [3.63, 3.8) is 0 Å². The number of nitriles is 1. The van der Waals surface area contributed by atoms with Gasteiger partial charge in [-0.05, 0) is 24.5 Å². The normalized spacial score (nSPS) is 26.9. The van der Waals surface area contributed by atoms with Gasteiger partial charge in [-0.1, -0.05) is 25.1 Å². The van der Waals surface area contributed by atoms with E-state index in [4.69, 9.17) is 14.7 Å². The van der Waals surface area contributed by atoms with Gasteiger partial charge >= 0.3 is 0 Å². The monoisotopic (exact) mass is 263 g/mol. The van der Waals surface area contributed by atoms with Gasteiger partial charge in [-0.25, -0.2) is 4.39 Å². The van der Waals surface area contributed by atoms with E-state index in [9.17, 15) is 4.39 Å². The van der Waals surface area contributed by atoms with E-state index in [-0.39, 0.29) is 12.1 Å². The SMILES string of the molecule is CCC1OCC(CCC#N)(c2ccccc2F)CO1. The molecule has 1 aliphatic rings. The first-order chi connectivity index (χ1) is 9.22. The number of hydrogen-bond donors (Lipinski definition) is 0. The van der Waals surface area contributed by atoms with Crippen molar-refractivity contribution in [1.29, 1.82) is 5.26 Å². The molecule has 1 heterocycles. The van der Waals surface area contributed by atoms with Gasteiger partial charge in [0.15, 0.2) is 6.29 Å². The van der Waals surface area contributed by atoms with E-state index < -0.39 is 5.41 Å². The van der Waals surface area contributed by atoms with E-state index in [0.717, 1.165) is 6.42 Å². The van der Waals surface area contributed by atoms with Crippen LogP contribution < -0.4 is 0 Å². The quantitative estimate of drug-likeness (QED) is 0.838. The van der Waals surface area contributed by atoms with Gasteiger partial charge < -0.3 is 9.47 Å². The zero-order valence-electron chi connectivity index (χ0n) is 11.1. The lowest BCUT2D eigenvalue weighted by atomic mass is 9.77. The smallest absolute Gasteiger partial charge is 0.157 e. The fraction of sp³-hybridized carbons (Fsp3) is 0.533. The second-order valence-electron chi connectivity index (χ2n) is 4.88. The molecule has 102 valence electrons. The van der Waals surface area contributed by atoms with Crippen LogP contribution in [0, 0.1) is 17.1 Å². The Kier molecular flexibility index (Phi) is 4.52. The summed E-state index contributed by atoms with van der Waals surface area (Å²) in [7, 11) is 0. The predicted octanol–water partition coefficient (Wildman–Crippen LogP) is 3.15. The highest BCUT2D eigenvalue weighted by Gasteiger charge is 2.39. The number of halogens is 1. The Morgan fingerprint density at radius 1 is 1.37 bits per heavy atom. The van der Waals surface area contributed by atoms with Crippen molar-refractivity contribution in [3.05, 3.63) is 35.6 Å². The summed E-state index contributed by atoms with van der Waals surface area (Å²) in [4.78, 5) is 0. The van der Waals surface area contributed by atoms with E-state index in [1.54, 1.807) is 18.2 Å². The average Bonchev–Trinajstić information content (AvgIpc) is 2.46. The van der Waals surface area contributed by atoms with Crippen molar-refractivity contribution in [2.75, 3.05) is 13.2 Å². The van der Waals surface area contributed by atoms with Crippen LogP contribution in [0.1, 0.15) is 31.7 Å². The highest BCUT2D eigenvalue weighted by molar-refractivity contribution is 5.28. The maximum absolute atomic E-state index is 14.0. The Morgan fingerprint density at radius 2 is 2.05 bits per heavy atom. The van der Waals surface area contributed by atoms with Crippen LogP contribution in [0.5, 0.6) is 0 Å². The standard InChI is InChI=1S/C15H18FNO2/c1-2-14-18-10-15(11-19-14,8-5-9-17)12-6-3-4-7-13(12)16/h3-4,6-7,14H,2,5,8,10-11H2,1H3. The molecular weight excluding hydrogens is 245 g/mol. The van der Waals surface area contributed by atoms with Crippen LogP contribution in [0.2, 0.25) is 0 Å². The predicted molar refractivity (Wildman–Crippen MR) is 68.9 cm³/mol. The molecule has 1 saturated heterocycles. The molecule has 0 spiro atoms. The third-order valence-electron chi connectivity index (χ3n) is 3.58. The molecule has 2 rings (SSSR count). The molecule has 0 aliphatic carbocycles. The van der Waals surface area contributed by atoms with Crippen LogP contribution >= 0.6 is 0 Å². The van der Waals surface area contributed by atoms with E-state index >= 15 is 0 Å². The third kappa shape index (κ3) is 2.94. The Bertz CT molecular complexity index is 461. The molecule has 0 bridgehead atoms. The summed E-state index contributed by atoms with van der Waals surface area (Å²) in [5.74, 6) is -0.261. The lowest BCUT2D eigenvalue weighted by Gasteiger charge is -2.40. The Labute approximate surface area is 112 Å². The van der Waals surface area contributed by atoms with Gasteiger partial charge in [0.2, 0.25) is 0 Å². The zero-order valence-corrected chi connectivity index (χ0v) is 11.1. The van der Waals surface area contributed by atoms with E-state index in [1.165, 1.54) is 6.07 Å². The first-order valence-corrected chi connectivity index (χ1v) is 6.57. The molecule has 0 unspecified atom stereocenters. The molecule has 1 aliphatic heterocycles. The molecule has 3 nitrogen and oxygen atoms in total. The summed E-state index contributed by atoms with van der Waals surface area (Å²) in [6.07, 6.45) is 1.45. The summed E-state index contributed by atoms with van der Waals surface area (Å²) >= 11 is 0. The second kappa shape index (κ2) is 6.14. The summed E-state index contributed by atoms with van der Waals surface area (Å²) < 4.78 is 25.3. The number of nitrogens with zero attached hydrogens (tertiary/aromatic N) is 1. The lowest BCUT2D eigenvalue weighted by molar-refractivity contribution is -0.211. The Balaban J connectivity index is 2.26. The largest absolute Gasteiger partial charge is 0.352 e. The molecule has 0 atom stereocenters. The first kappa shape index (κ1) is 14.0. The van der Waals surface area contributed by atoms with Crippen LogP contribution in [-0.4, -0.2) is 19.5 Å². The highest BCUT2D eigenvalue weighted by atomic mass is 19.1. The fourth-order valence-electron chi connectivity index (χ4n) is 2.45. The van der Waals surface area contributed by atoms with Gasteiger partial charge in [0, 0.05) is 11.8 Å². The minimum absolute atomic E-state index is 0.220. The van der Waals surface area contributed by atoms with Gasteiger partial charge in [-0.2, -0.15) is 5.26 Å². The van der Waals surface area contributed by atoms with Crippen LogP contribution in [-0.2, 0) is 14.9 Å². The Hall–Kier alpha value is -1.44. The minimum atomic E-state index is -0.549. The molecule has 0 aromatic heterocycles. The molecular formula is C15H18FNO2. The molecule has 0 saturated carbocycles. The topological polar surface area (TPSA) is 42.2 Å². The van der Waals surface area contributed by atoms with Gasteiger partial charge in [0.1, 0.15) is 5.82 Å². The van der Waals surface area contributed by atoms with Crippen molar-refractivity contribution in [2.24, 2.45) is 0 Å². The maximum atomic E-state index is 14.0. The molecule has 19 heavy (non-hydrogen) atoms. The van der Waals surface area contributed by atoms with Gasteiger partial charge in [0.25, 0.3) is 0 Å². The Morgan fingerprint density at radius 3 is 2.63 bits per heavy atom. The summed E-state index contributed by atoms with van der Waals surface area (Å²) in [6.45, 7) is 2.78. The number of benzene rings is 1. The van der Waals surface area contributed by atoms with Gasteiger partial charge in [-0.3, -0.25) is 0 Å². The van der Waals surface area contributed by atoms with Crippen LogP contribution in [0.4, 0.5) is 4.39 Å². The van der Waals surface area contributed by atoms with Crippen molar-refractivity contribution >= 4 is 0 Å².